The van der Waals surface area contributed by atoms with Crippen LogP contribution in [-0.4, -0.2) is 18.3 Å². The van der Waals surface area contributed by atoms with Crippen molar-refractivity contribution in [1.29, 1.82) is 0 Å². The molecule has 114 valence electrons. The molecule has 2 saturated carbocycles. The summed E-state index contributed by atoms with van der Waals surface area (Å²) in [7, 11) is 1.70. The average molecular weight is 286 g/mol. The first kappa shape index (κ1) is 14.6. The molecule has 5 atom stereocenters. The zero-order valence-electron chi connectivity index (χ0n) is 13.1. The van der Waals surface area contributed by atoms with E-state index in [1.54, 1.807) is 7.11 Å². The Labute approximate surface area is 127 Å². The fourth-order valence-corrected chi connectivity index (χ4v) is 4.74. The van der Waals surface area contributed by atoms with E-state index in [1.165, 1.54) is 5.56 Å². The predicted molar refractivity (Wildman–Crippen MR) is 85.5 cm³/mol. The smallest absolute Gasteiger partial charge is 0.118 e. The van der Waals surface area contributed by atoms with Crippen molar-refractivity contribution in [2.75, 3.05) is 7.11 Å². The topological polar surface area (TPSA) is 29.5 Å². The van der Waals surface area contributed by atoms with E-state index in [0.29, 0.717) is 17.8 Å². The molecule has 2 fully saturated rings. The summed E-state index contributed by atoms with van der Waals surface area (Å²) in [6.45, 7) is 6.38. The molecule has 2 nitrogen and oxygen atoms in total. The van der Waals surface area contributed by atoms with Crippen LogP contribution in [0.4, 0.5) is 0 Å². The van der Waals surface area contributed by atoms with E-state index < -0.39 is 0 Å². The number of fused-ring (bicyclic) bond motifs is 1. The second kappa shape index (κ2) is 5.49. The Morgan fingerprint density at radius 1 is 1.24 bits per heavy atom. The third kappa shape index (κ3) is 2.30. The van der Waals surface area contributed by atoms with Crippen molar-refractivity contribution < 1.29 is 9.84 Å². The summed E-state index contributed by atoms with van der Waals surface area (Å²) < 4.78 is 5.26. The zero-order chi connectivity index (χ0) is 15.0. The minimum absolute atomic E-state index is 0.0851. The van der Waals surface area contributed by atoms with Gasteiger partial charge < -0.3 is 9.84 Å². The summed E-state index contributed by atoms with van der Waals surface area (Å²) >= 11 is 0. The van der Waals surface area contributed by atoms with Crippen molar-refractivity contribution in [3.05, 3.63) is 42.5 Å². The zero-order valence-corrected chi connectivity index (χ0v) is 13.1. The molecule has 21 heavy (non-hydrogen) atoms. The lowest BCUT2D eigenvalue weighted by atomic mass is 9.58. The number of benzene rings is 1. The molecule has 0 saturated heterocycles. The number of aliphatic hydroxyl groups is 1. The summed E-state index contributed by atoms with van der Waals surface area (Å²) in [5.74, 6) is 2.46. The Kier molecular flexibility index (Phi) is 3.83. The molecule has 1 N–H and O–H groups in total. The minimum atomic E-state index is -0.137. The standard InChI is InChI=1S/C19H26O2/c1-4-15-16(13-5-7-14(21-3)8-6-13)11-12-19(2)17(15)9-10-18(19)20/h4-8,15-18,20H,1,9-12H2,2-3H3/t15?,16-,17?,18?,19-/m0/s1. The molecule has 3 unspecified atom stereocenters. The second-order valence-electron chi connectivity index (χ2n) is 6.94. The van der Waals surface area contributed by atoms with E-state index in [0.717, 1.165) is 31.4 Å². The SMILES string of the molecule is C=CC1C2CCC(O)[C@@]2(C)CC[C@H]1c1ccc(OC)cc1. The first-order valence-electron chi connectivity index (χ1n) is 8.04. The molecule has 0 aliphatic heterocycles. The number of ether oxygens (including phenoxy) is 1. The lowest BCUT2D eigenvalue weighted by Crippen LogP contribution is -2.41. The first-order chi connectivity index (χ1) is 10.1. The molecule has 2 aliphatic rings. The fourth-order valence-electron chi connectivity index (χ4n) is 4.74. The van der Waals surface area contributed by atoms with Crippen LogP contribution < -0.4 is 4.74 Å². The van der Waals surface area contributed by atoms with Gasteiger partial charge in [0.25, 0.3) is 0 Å². The van der Waals surface area contributed by atoms with Gasteiger partial charge in [-0.15, -0.1) is 6.58 Å². The van der Waals surface area contributed by atoms with Gasteiger partial charge in [-0.2, -0.15) is 0 Å². The molecule has 0 amide bonds. The van der Waals surface area contributed by atoms with E-state index in [-0.39, 0.29) is 11.5 Å². The van der Waals surface area contributed by atoms with Crippen molar-refractivity contribution in [3.63, 3.8) is 0 Å². The highest BCUT2D eigenvalue weighted by Crippen LogP contribution is 2.58. The fraction of sp³-hybridized carbons (Fsp3) is 0.579. The molecule has 0 aromatic heterocycles. The normalized spacial score (nSPS) is 38.8. The minimum Gasteiger partial charge on any atom is -0.497 e. The molecule has 0 heterocycles. The lowest BCUT2D eigenvalue weighted by molar-refractivity contribution is -0.00766. The number of hydrogen-bond acceptors (Lipinski definition) is 2. The largest absolute Gasteiger partial charge is 0.497 e. The lowest BCUT2D eigenvalue weighted by Gasteiger charge is -2.46. The average Bonchev–Trinajstić information content (AvgIpc) is 2.82. The van der Waals surface area contributed by atoms with Crippen LogP contribution in [0.5, 0.6) is 5.75 Å². The van der Waals surface area contributed by atoms with Crippen molar-refractivity contribution in [3.8, 4) is 5.75 Å². The molecule has 2 aliphatic carbocycles. The number of methoxy groups -OCH3 is 1. The number of aliphatic hydroxyl groups excluding tert-OH is 1. The van der Waals surface area contributed by atoms with Crippen molar-refractivity contribution in [2.45, 2.75) is 44.6 Å². The highest BCUT2D eigenvalue weighted by atomic mass is 16.5. The molecule has 3 rings (SSSR count). The van der Waals surface area contributed by atoms with Crippen LogP contribution in [0.15, 0.2) is 36.9 Å². The van der Waals surface area contributed by atoms with Gasteiger partial charge >= 0.3 is 0 Å². The monoisotopic (exact) mass is 286 g/mol. The maximum Gasteiger partial charge on any atom is 0.118 e. The Morgan fingerprint density at radius 2 is 1.95 bits per heavy atom. The van der Waals surface area contributed by atoms with Crippen LogP contribution in [0.3, 0.4) is 0 Å². The highest BCUT2D eigenvalue weighted by Gasteiger charge is 2.52. The molecule has 0 radical (unpaired) electrons. The maximum atomic E-state index is 10.4. The van der Waals surface area contributed by atoms with Gasteiger partial charge in [-0.05, 0) is 66.5 Å². The van der Waals surface area contributed by atoms with Crippen LogP contribution in [0.2, 0.25) is 0 Å². The van der Waals surface area contributed by atoms with Gasteiger partial charge in [0.1, 0.15) is 5.75 Å². The molecule has 0 bridgehead atoms. The number of hydrogen-bond donors (Lipinski definition) is 1. The maximum absolute atomic E-state index is 10.4. The van der Waals surface area contributed by atoms with Crippen LogP contribution in [-0.2, 0) is 0 Å². The summed E-state index contributed by atoms with van der Waals surface area (Å²) in [6.07, 6.45) is 6.31. The van der Waals surface area contributed by atoms with Crippen molar-refractivity contribution in [2.24, 2.45) is 17.3 Å². The molecule has 0 spiro atoms. The van der Waals surface area contributed by atoms with Crippen LogP contribution in [0.1, 0.15) is 44.1 Å². The molecular formula is C19H26O2. The van der Waals surface area contributed by atoms with E-state index in [4.69, 9.17) is 4.74 Å². The molecule has 1 aromatic rings. The van der Waals surface area contributed by atoms with Gasteiger partial charge in [0.15, 0.2) is 0 Å². The summed E-state index contributed by atoms with van der Waals surface area (Å²) in [6, 6.07) is 8.47. The summed E-state index contributed by atoms with van der Waals surface area (Å²) in [4.78, 5) is 0. The Bertz CT molecular complexity index is 507. The van der Waals surface area contributed by atoms with Gasteiger partial charge in [-0.25, -0.2) is 0 Å². The van der Waals surface area contributed by atoms with Crippen molar-refractivity contribution in [1.82, 2.24) is 0 Å². The van der Waals surface area contributed by atoms with Gasteiger partial charge in [0.2, 0.25) is 0 Å². The first-order valence-corrected chi connectivity index (χ1v) is 8.04. The summed E-state index contributed by atoms with van der Waals surface area (Å²) in [5, 5.41) is 10.4. The van der Waals surface area contributed by atoms with Gasteiger partial charge in [0, 0.05) is 0 Å². The molecular weight excluding hydrogens is 260 g/mol. The predicted octanol–water partition coefficient (Wildman–Crippen LogP) is 4.15. The third-order valence-electron chi connectivity index (χ3n) is 6.10. The van der Waals surface area contributed by atoms with Crippen molar-refractivity contribution >= 4 is 0 Å². The van der Waals surface area contributed by atoms with Gasteiger partial charge in [-0.3, -0.25) is 0 Å². The van der Waals surface area contributed by atoms with Crippen LogP contribution in [0.25, 0.3) is 0 Å². The van der Waals surface area contributed by atoms with E-state index >= 15 is 0 Å². The van der Waals surface area contributed by atoms with Crippen LogP contribution in [0, 0.1) is 17.3 Å². The molecule has 1 aromatic carbocycles. The van der Waals surface area contributed by atoms with E-state index in [1.807, 2.05) is 12.1 Å². The molecule has 2 heteroatoms. The van der Waals surface area contributed by atoms with Crippen LogP contribution >= 0.6 is 0 Å². The Morgan fingerprint density at radius 3 is 2.57 bits per heavy atom. The van der Waals surface area contributed by atoms with E-state index in [9.17, 15) is 5.11 Å². The number of allylic oxidation sites excluding steroid dienone is 1. The Hall–Kier alpha value is -1.28. The summed E-state index contributed by atoms with van der Waals surface area (Å²) in [5.41, 5.74) is 1.46. The highest BCUT2D eigenvalue weighted by molar-refractivity contribution is 5.31. The number of rotatable bonds is 3. The van der Waals surface area contributed by atoms with E-state index in [2.05, 4.69) is 31.7 Å². The van der Waals surface area contributed by atoms with Gasteiger partial charge in [-0.1, -0.05) is 25.1 Å². The Balaban J connectivity index is 1.88. The van der Waals surface area contributed by atoms with Gasteiger partial charge in [0.05, 0.1) is 13.2 Å². The third-order valence-corrected chi connectivity index (χ3v) is 6.10. The second-order valence-corrected chi connectivity index (χ2v) is 6.94. The quantitative estimate of drug-likeness (QED) is 0.846.